The van der Waals surface area contributed by atoms with E-state index in [0.717, 1.165) is 25.3 Å². The zero-order valence-electron chi connectivity index (χ0n) is 13.5. The van der Waals surface area contributed by atoms with Crippen molar-refractivity contribution in [3.05, 3.63) is 29.8 Å². The fourth-order valence-corrected chi connectivity index (χ4v) is 2.75. The summed E-state index contributed by atoms with van der Waals surface area (Å²) in [5.41, 5.74) is 1.30. The van der Waals surface area contributed by atoms with Crippen molar-refractivity contribution in [3.8, 4) is 5.75 Å². The Kier molecular flexibility index (Phi) is 7.04. The summed E-state index contributed by atoms with van der Waals surface area (Å²) in [6.45, 7) is 10.1. The third kappa shape index (κ3) is 5.33. The molecule has 1 heterocycles. The van der Waals surface area contributed by atoms with Gasteiger partial charge in [0.05, 0.1) is 13.2 Å². The molecule has 0 saturated carbocycles. The lowest BCUT2D eigenvalue weighted by molar-refractivity contribution is 0.0842. The van der Waals surface area contributed by atoms with Gasteiger partial charge >= 0.3 is 0 Å². The van der Waals surface area contributed by atoms with Crippen LogP contribution >= 0.6 is 0 Å². The van der Waals surface area contributed by atoms with Crippen LogP contribution < -0.4 is 4.74 Å². The fourth-order valence-electron chi connectivity index (χ4n) is 2.75. The first-order chi connectivity index (χ1) is 10.3. The molecule has 0 unspecified atom stereocenters. The Morgan fingerprint density at radius 2 is 1.86 bits per heavy atom. The van der Waals surface area contributed by atoms with Gasteiger partial charge in [-0.25, -0.2) is 0 Å². The van der Waals surface area contributed by atoms with Crippen molar-refractivity contribution in [3.63, 3.8) is 0 Å². The van der Waals surface area contributed by atoms with Gasteiger partial charge in [-0.3, -0.25) is 0 Å². The average molecular weight is 291 g/mol. The SMILES string of the molecule is CC[C@H](C)c1ccccc1OCCOCCN1CCCC1. The number of rotatable bonds is 9. The minimum Gasteiger partial charge on any atom is -0.491 e. The molecule has 0 amide bonds. The van der Waals surface area contributed by atoms with E-state index < -0.39 is 0 Å². The van der Waals surface area contributed by atoms with Crippen LogP contribution in [0.25, 0.3) is 0 Å². The maximum atomic E-state index is 5.89. The molecule has 3 heteroatoms. The van der Waals surface area contributed by atoms with E-state index in [1.54, 1.807) is 0 Å². The van der Waals surface area contributed by atoms with E-state index in [0.29, 0.717) is 19.1 Å². The standard InChI is InChI=1S/C18H29NO2/c1-3-16(2)17-8-4-5-9-18(17)21-15-14-20-13-12-19-10-6-7-11-19/h4-5,8-9,16H,3,6-7,10-15H2,1-2H3/t16-/m0/s1. The largest absolute Gasteiger partial charge is 0.491 e. The maximum Gasteiger partial charge on any atom is 0.122 e. The summed E-state index contributed by atoms with van der Waals surface area (Å²) in [6, 6.07) is 8.35. The molecule has 1 aliphatic rings. The normalized spacial score (nSPS) is 17.0. The van der Waals surface area contributed by atoms with Gasteiger partial charge < -0.3 is 14.4 Å². The molecule has 1 aromatic carbocycles. The number of para-hydroxylation sites is 1. The van der Waals surface area contributed by atoms with Crippen LogP contribution in [0.3, 0.4) is 0 Å². The van der Waals surface area contributed by atoms with E-state index in [9.17, 15) is 0 Å². The zero-order valence-corrected chi connectivity index (χ0v) is 13.5. The van der Waals surface area contributed by atoms with Gasteiger partial charge in [-0.15, -0.1) is 0 Å². The van der Waals surface area contributed by atoms with E-state index in [4.69, 9.17) is 9.47 Å². The summed E-state index contributed by atoms with van der Waals surface area (Å²) >= 11 is 0. The zero-order chi connectivity index (χ0) is 14.9. The second kappa shape index (κ2) is 9.06. The highest BCUT2D eigenvalue weighted by Gasteiger charge is 2.11. The molecule has 2 rings (SSSR count). The van der Waals surface area contributed by atoms with Crippen molar-refractivity contribution in [1.29, 1.82) is 0 Å². The summed E-state index contributed by atoms with van der Waals surface area (Å²) < 4.78 is 11.6. The van der Waals surface area contributed by atoms with Gasteiger partial charge in [-0.05, 0) is 49.9 Å². The van der Waals surface area contributed by atoms with Gasteiger partial charge in [0.2, 0.25) is 0 Å². The van der Waals surface area contributed by atoms with Crippen LogP contribution in [0.2, 0.25) is 0 Å². The van der Waals surface area contributed by atoms with Crippen molar-refractivity contribution in [2.45, 2.75) is 39.0 Å². The predicted molar refractivity (Wildman–Crippen MR) is 87.1 cm³/mol. The molecule has 0 aromatic heterocycles. The lowest BCUT2D eigenvalue weighted by atomic mass is 9.98. The van der Waals surface area contributed by atoms with Gasteiger partial charge in [0, 0.05) is 6.54 Å². The molecule has 0 radical (unpaired) electrons. The molecule has 1 fully saturated rings. The first-order valence-corrected chi connectivity index (χ1v) is 8.33. The second-order valence-electron chi connectivity index (χ2n) is 5.86. The van der Waals surface area contributed by atoms with Crippen LogP contribution in [-0.2, 0) is 4.74 Å². The molecule has 0 aliphatic carbocycles. The van der Waals surface area contributed by atoms with Crippen LogP contribution in [0.1, 0.15) is 44.6 Å². The molecule has 1 saturated heterocycles. The summed E-state index contributed by atoms with van der Waals surface area (Å²) in [5.74, 6) is 1.55. The van der Waals surface area contributed by atoms with Gasteiger partial charge in [-0.1, -0.05) is 32.0 Å². The molecule has 0 spiro atoms. The predicted octanol–water partition coefficient (Wildman–Crippen LogP) is 3.69. The smallest absolute Gasteiger partial charge is 0.122 e. The molecular weight excluding hydrogens is 262 g/mol. The number of benzene rings is 1. The van der Waals surface area contributed by atoms with Gasteiger partial charge in [-0.2, -0.15) is 0 Å². The molecule has 1 atom stereocenters. The summed E-state index contributed by atoms with van der Waals surface area (Å²) in [6.07, 6.45) is 3.82. The van der Waals surface area contributed by atoms with Crippen molar-refractivity contribution in [2.24, 2.45) is 0 Å². The number of hydrogen-bond acceptors (Lipinski definition) is 3. The first kappa shape index (κ1) is 16.3. The molecule has 1 aliphatic heterocycles. The highest BCUT2D eigenvalue weighted by molar-refractivity contribution is 5.35. The topological polar surface area (TPSA) is 21.7 Å². The molecule has 21 heavy (non-hydrogen) atoms. The third-order valence-electron chi connectivity index (χ3n) is 4.30. The van der Waals surface area contributed by atoms with E-state index in [-0.39, 0.29) is 0 Å². The summed E-state index contributed by atoms with van der Waals surface area (Å²) in [5, 5.41) is 0. The van der Waals surface area contributed by atoms with Crippen LogP contribution in [0, 0.1) is 0 Å². The van der Waals surface area contributed by atoms with Gasteiger partial charge in [0.1, 0.15) is 12.4 Å². The van der Waals surface area contributed by atoms with Crippen LogP contribution in [-0.4, -0.2) is 44.4 Å². The monoisotopic (exact) mass is 291 g/mol. The Hall–Kier alpha value is -1.06. The highest BCUT2D eigenvalue weighted by atomic mass is 16.5. The Bertz CT molecular complexity index is 402. The first-order valence-electron chi connectivity index (χ1n) is 8.33. The van der Waals surface area contributed by atoms with Gasteiger partial charge in [0.25, 0.3) is 0 Å². The molecular formula is C18H29NO2. The van der Waals surface area contributed by atoms with Crippen molar-refractivity contribution >= 4 is 0 Å². The van der Waals surface area contributed by atoms with E-state index >= 15 is 0 Å². The Balaban J connectivity index is 1.64. The fraction of sp³-hybridized carbons (Fsp3) is 0.667. The molecule has 0 N–H and O–H groups in total. The molecule has 3 nitrogen and oxygen atoms in total. The van der Waals surface area contributed by atoms with Gasteiger partial charge in [0.15, 0.2) is 0 Å². The highest BCUT2D eigenvalue weighted by Crippen LogP contribution is 2.28. The average Bonchev–Trinajstić information content (AvgIpc) is 3.03. The second-order valence-corrected chi connectivity index (χ2v) is 5.86. The quantitative estimate of drug-likeness (QED) is 0.648. The van der Waals surface area contributed by atoms with E-state index in [1.807, 2.05) is 6.07 Å². The van der Waals surface area contributed by atoms with Crippen molar-refractivity contribution in [1.82, 2.24) is 4.90 Å². The van der Waals surface area contributed by atoms with E-state index in [2.05, 4.69) is 36.9 Å². The number of ether oxygens (including phenoxy) is 2. The Morgan fingerprint density at radius 1 is 1.10 bits per heavy atom. The van der Waals surface area contributed by atoms with Crippen molar-refractivity contribution < 1.29 is 9.47 Å². The summed E-state index contributed by atoms with van der Waals surface area (Å²) in [4.78, 5) is 2.47. The van der Waals surface area contributed by atoms with Crippen LogP contribution in [0.15, 0.2) is 24.3 Å². The number of nitrogens with zero attached hydrogens (tertiary/aromatic N) is 1. The molecule has 118 valence electrons. The number of likely N-dealkylation sites (tertiary alicyclic amines) is 1. The minimum absolute atomic E-state index is 0.539. The minimum atomic E-state index is 0.539. The van der Waals surface area contributed by atoms with Crippen LogP contribution in [0.4, 0.5) is 0 Å². The van der Waals surface area contributed by atoms with E-state index in [1.165, 1.54) is 31.5 Å². The Labute approximate surface area is 129 Å². The molecule has 0 bridgehead atoms. The lowest BCUT2D eigenvalue weighted by Crippen LogP contribution is -2.24. The van der Waals surface area contributed by atoms with Crippen LogP contribution in [0.5, 0.6) is 5.75 Å². The summed E-state index contributed by atoms with van der Waals surface area (Å²) in [7, 11) is 0. The number of hydrogen-bond donors (Lipinski definition) is 0. The maximum absolute atomic E-state index is 5.89. The third-order valence-corrected chi connectivity index (χ3v) is 4.30. The molecule has 1 aromatic rings. The van der Waals surface area contributed by atoms with Crippen molar-refractivity contribution in [2.75, 3.05) is 39.5 Å². The lowest BCUT2D eigenvalue weighted by Gasteiger charge is -2.16. The Morgan fingerprint density at radius 3 is 2.62 bits per heavy atom.